The van der Waals surface area contributed by atoms with E-state index in [0.717, 1.165) is 0 Å². The van der Waals surface area contributed by atoms with Gasteiger partial charge in [-0.15, -0.1) is 0 Å². The first-order chi connectivity index (χ1) is 7.04. The van der Waals surface area contributed by atoms with E-state index in [1.165, 1.54) is 0 Å². The average Bonchev–Trinajstić information content (AvgIpc) is 2.13. The summed E-state index contributed by atoms with van der Waals surface area (Å²) in [5, 5.41) is 0. The van der Waals surface area contributed by atoms with E-state index in [-0.39, 0.29) is 22.0 Å². The quantitative estimate of drug-likeness (QED) is 0.830. The topological polar surface area (TPSA) is 43.1 Å². The van der Waals surface area contributed by atoms with E-state index in [1.54, 1.807) is 11.8 Å². The first-order valence-electron chi connectivity index (χ1n) is 5.98. The molecule has 1 atom stereocenters. The Morgan fingerprint density at radius 1 is 1.12 bits per heavy atom. The molecule has 0 aromatic heterocycles. The van der Waals surface area contributed by atoms with Crippen molar-refractivity contribution >= 4 is 17.5 Å². The molecule has 16 heavy (non-hydrogen) atoms. The molecule has 1 unspecified atom stereocenters. The van der Waals surface area contributed by atoms with Crippen LogP contribution in [-0.2, 0) is 4.79 Å². The Bertz CT molecular complexity index is 201. The van der Waals surface area contributed by atoms with Crippen molar-refractivity contribution in [3.05, 3.63) is 0 Å². The fourth-order valence-corrected chi connectivity index (χ4v) is 1.80. The number of rotatable bonds is 3. The van der Waals surface area contributed by atoms with Gasteiger partial charge in [-0.3, -0.25) is 4.79 Å². The molecule has 2 nitrogen and oxygen atoms in total. The lowest BCUT2D eigenvalue weighted by Gasteiger charge is -2.24. The van der Waals surface area contributed by atoms with E-state index in [2.05, 4.69) is 20.8 Å². The van der Waals surface area contributed by atoms with Crippen LogP contribution in [0.2, 0.25) is 0 Å². The molecule has 0 amide bonds. The molecule has 0 saturated heterocycles. The molecular weight excluding hydrogens is 218 g/mol. The number of hydrogen-bond acceptors (Lipinski definition) is 3. The molecule has 2 N–H and O–H groups in total. The van der Waals surface area contributed by atoms with Gasteiger partial charge in [-0.2, -0.15) is 11.8 Å². The van der Waals surface area contributed by atoms with E-state index in [1.807, 2.05) is 34.6 Å². The highest BCUT2D eigenvalue weighted by Gasteiger charge is 2.27. The maximum Gasteiger partial charge on any atom is 0.155 e. The van der Waals surface area contributed by atoms with Crippen molar-refractivity contribution < 1.29 is 4.79 Å². The van der Waals surface area contributed by atoms with Gasteiger partial charge in [0, 0.05) is 15.9 Å². The minimum absolute atomic E-state index is 0.147. The van der Waals surface area contributed by atoms with Gasteiger partial charge in [0.1, 0.15) is 0 Å². The summed E-state index contributed by atoms with van der Waals surface area (Å²) in [5.74, 6) is 0.855. The van der Waals surface area contributed by atoms with Crippen molar-refractivity contribution in [2.24, 2.45) is 11.1 Å². The third-order valence-corrected chi connectivity index (χ3v) is 3.16. The van der Waals surface area contributed by atoms with Crippen LogP contribution in [0.25, 0.3) is 0 Å². The molecule has 0 bridgehead atoms. The van der Waals surface area contributed by atoms with E-state index >= 15 is 0 Å². The Balaban J connectivity index is 0. The summed E-state index contributed by atoms with van der Waals surface area (Å²) in [6, 6.07) is -0.334. The van der Waals surface area contributed by atoms with E-state index in [9.17, 15) is 4.79 Å². The Kier molecular flexibility index (Phi) is 8.41. The number of carbonyl (C=O) groups is 1. The minimum Gasteiger partial charge on any atom is -0.321 e. The van der Waals surface area contributed by atoms with E-state index in [4.69, 9.17) is 5.73 Å². The van der Waals surface area contributed by atoms with Gasteiger partial charge in [-0.05, 0) is 0 Å². The summed E-state index contributed by atoms with van der Waals surface area (Å²) >= 11 is 1.74. The van der Waals surface area contributed by atoms with Gasteiger partial charge < -0.3 is 5.73 Å². The molecule has 0 aromatic carbocycles. The van der Waals surface area contributed by atoms with Crippen LogP contribution in [0, 0.1) is 5.41 Å². The van der Waals surface area contributed by atoms with E-state index in [0.29, 0.717) is 5.75 Å². The smallest absolute Gasteiger partial charge is 0.155 e. The highest BCUT2D eigenvalue weighted by atomic mass is 32.2. The fraction of sp³-hybridized carbons (Fsp3) is 0.923. The highest BCUT2D eigenvalue weighted by Crippen LogP contribution is 2.25. The molecule has 0 aliphatic rings. The summed E-state index contributed by atoms with van der Waals surface area (Å²) in [6.07, 6.45) is 0. The van der Waals surface area contributed by atoms with Crippen molar-refractivity contribution in [1.82, 2.24) is 0 Å². The lowest BCUT2D eigenvalue weighted by atomic mass is 9.87. The molecule has 3 heteroatoms. The summed E-state index contributed by atoms with van der Waals surface area (Å²) < 4.78 is 0.176. The SMILES string of the molecule is CC.CC(C)(C)SCC(N)C(=O)C(C)(C)C. The zero-order valence-electron chi connectivity index (χ0n) is 12.2. The van der Waals surface area contributed by atoms with Crippen molar-refractivity contribution in [3.8, 4) is 0 Å². The van der Waals surface area contributed by atoms with Crippen LogP contribution < -0.4 is 5.73 Å². The number of carbonyl (C=O) groups excluding carboxylic acids is 1. The van der Waals surface area contributed by atoms with Crippen LogP contribution in [0.3, 0.4) is 0 Å². The summed E-state index contributed by atoms with van der Waals surface area (Å²) in [6.45, 7) is 16.1. The second-order valence-electron chi connectivity index (χ2n) is 5.64. The highest BCUT2D eigenvalue weighted by molar-refractivity contribution is 8.00. The Hall–Kier alpha value is -0.0200. The number of thioether (sulfide) groups is 1. The number of hydrogen-bond donors (Lipinski definition) is 1. The third kappa shape index (κ3) is 9.22. The summed E-state index contributed by atoms with van der Waals surface area (Å²) in [4.78, 5) is 11.7. The first-order valence-corrected chi connectivity index (χ1v) is 6.96. The number of nitrogens with two attached hydrogens (primary N) is 1. The van der Waals surface area contributed by atoms with Crippen molar-refractivity contribution in [3.63, 3.8) is 0 Å². The van der Waals surface area contributed by atoms with Crippen LogP contribution in [0.1, 0.15) is 55.4 Å². The summed E-state index contributed by atoms with van der Waals surface area (Å²) in [7, 11) is 0. The van der Waals surface area contributed by atoms with Gasteiger partial charge in [0.25, 0.3) is 0 Å². The molecular formula is C13H29NOS. The Labute approximate surface area is 106 Å². The second-order valence-corrected chi connectivity index (χ2v) is 7.49. The normalized spacial score (nSPS) is 13.8. The van der Waals surface area contributed by atoms with Crippen molar-refractivity contribution in [2.45, 2.75) is 66.2 Å². The zero-order chi connectivity index (χ0) is 13.6. The minimum atomic E-state index is -0.334. The van der Waals surface area contributed by atoms with Crippen LogP contribution in [0.15, 0.2) is 0 Å². The van der Waals surface area contributed by atoms with Gasteiger partial charge >= 0.3 is 0 Å². The largest absolute Gasteiger partial charge is 0.321 e. The van der Waals surface area contributed by atoms with Crippen LogP contribution in [-0.4, -0.2) is 22.3 Å². The maximum absolute atomic E-state index is 11.7. The molecule has 0 fully saturated rings. The summed E-state index contributed by atoms with van der Waals surface area (Å²) in [5.41, 5.74) is 5.52. The maximum atomic E-state index is 11.7. The Morgan fingerprint density at radius 2 is 1.50 bits per heavy atom. The molecule has 0 aliphatic heterocycles. The van der Waals surface area contributed by atoms with Gasteiger partial charge in [0.05, 0.1) is 6.04 Å². The molecule has 0 heterocycles. The van der Waals surface area contributed by atoms with Gasteiger partial charge in [0.2, 0.25) is 0 Å². The molecule has 0 spiro atoms. The second kappa shape index (κ2) is 7.33. The zero-order valence-corrected chi connectivity index (χ0v) is 13.0. The van der Waals surface area contributed by atoms with Crippen LogP contribution >= 0.6 is 11.8 Å². The van der Waals surface area contributed by atoms with Gasteiger partial charge in [-0.1, -0.05) is 55.4 Å². The van der Waals surface area contributed by atoms with Crippen LogP contribution in [0.4, 0.5) is 0 Å². The van der Waals surface area contributed by atoms with Crippen molar-refractivity contribution in [1.29, 1.82) is 0 Å². The molecule has 0 rings (SSSR count). The molecule has 0 aliphatic carbocycles. The van der Waals surface area contributed by atoms with Crippen LogP contribution in [0.5, 0.6) is 0 Å². The molecule has 0 radical (unpaired) electrons. The lowest BCUT2D eigenvalue weighted by Crippen LogP contribution is -2.41. The standard InChI is InChI=1S/C11H23NOS.C2H6/c1-10(2,3)9(13)8(12)7-14-11(4,5)6;1-2/h8H,7,12H2,1-6H3;1-2H3. The average molecular weight is 247 g/mol. The Morgan fingerprint density at radius 3 is 1.75 bits per heavy atom. The molecule has 0 aromatic rings. The van der Waals surface area contributed by atoms with Gasteiger partial charge in [-0.25, -0.2) is 0 Å². The molecule has 98 valence electrons. The molecule has 0 saturated carbocycles. The number of ketones is 1. The van der Waals surface area contributed by atoms with E-state index < -0.39 is 0 Å². The first kappa shape index (κ1) is 18.3. The predicted octanol–water partition coefficient (Wildman–Crippen LogP) is 3.49. The van der Waals surface area contributed by atoms with Crippen molar-refractivity contribution in [2.75, 3.05) is 5.75 Å². The van der Waals surface area contributed by atoms with Gasteiger partial charge in [0.15, 0.2) is 5.78 Å². The lowest BCUT2D eigenvalue weighted by molar-refractivity contribution is -0.127. The monoisotopic (exact) mass is 247 g/mol. The number of Topliss-reactive ketones (excluding diaryl/α,β-unsaturated/α-hetero) is 1. The third-order valence-electron chi connectivity index (χ3n) is 1.77. The fourth-order valence-electron chi connectivity index (χ4n) is 0.972. The predicted molar refractivity (Wildman–Crippen MR) is 76.0 cm³/mol.